The zero-order valence-electron chi connectivity index (χ0n) is 13.1. The average molecular weight is 325 g/mol. The Balaban J connectivity index is 0.00000208. The molecule has 5 nitrogen and oxygen atoms in total. The first-order valence-electron chi connectivity index (χ1n) is 6.90. The van der Waals surface area contributed by atoms with E-state index in [1.807, 2.05) is 30.3 Å². The maximum absolute atomic E-state index is 11.0. The van der Waals surface area contributed by atoms with Crippen molar-refractivity contribution < 1.29 is 39.5 Å². The molecule has 0 radical (unpaired) electrons. The van der Waals surface area contributed by atoms with Crippen LogP contribution in [0, 0.1) is 11.3 Å². The van der Waals surface area contributed by atoms with Gasteiger partial charge in [-0.25, -0.2) is 0 Å². The third-order valence-corrected chi connectivity index (χ3v) is 3.60. The van der Waals surface area contributed by atoms with Gasteiger partial charge in [0.05, 0.1) is 5.97 Å². The van der Waals surface area contributed by atoms with Gasteiger partial charge in [0.15, 0.2) is 0 Å². The van der Waals surface area contributed by atoms with E-state index in [1.165, 1.54) is 12.1 Å². The molecule has 1 aromatic heterocycles. The van der Waals surface area contributed by atoms with E-state index < -0.39 is 5.97 Å². The Hall–Kier alpha value is -2.52. The normalized spacial score (nSPS) is 9.79. The minimum absolute atomic E-state index is 0. The number of hydrogen-bond acceptors (Lipinski definition) is 4. The Labute approximate surface area is 161 Å². The number of carboxylic acids is 1. The van der Waals surface area contributed by atoms with Crippen LogP contribution in [-0.2, 0) is 0 Å². The minimum Gasteiger partial charge on any atom is -0.545 e. The summed E-state index contributed by atoms with van der Waals surface area (Å²) in [6, 6.07) is 17.8. The number of aromatic nitrogens is 1. The first-order valence-corrected chi connectivity index (χ1v) is 6.90. The number of aromatic carboxylic acids is 1. The summed E-state index contributed by atoms with van der Waals surface area (Å²) in [5, 5.41) is 20.4. The fourth-order valence-corrected chi connectivity index (χ4v) is 2.47. The Morgan fingerprint density at radius 1 is 1.12 bits per heavy atom. The monoisotopic (exact) mass is 325 g/mol. The number of nitriles is 1. The van der Waals surface area contributed by atoms with Gasteiger partial charge in [0.1, 0.15) is 17.5 Å². The van der Waals surface area contributed by atoms with E-state index in [4.69, 9.17) is 5.73 Å². The smallest absolute Gasteiger partial charge is 0.545 e. The van der Waals surface area contributed by atoms with Crippen LogP contribution >= 0.6 is 0 Å². The zero-order valence-corrected chi connectivity index (χ0v) is 15.1. The molecule has 0 amide bonds. The Morgan fingerprint density at radius 3 is 2.46 bits per heavy atom. The summed E-state index contributed by atoms with van der Waals surface area (Å²) in [7, 11) is 0. The maximum atomic E-state index is 11.0. The molecular weight excluding hydrogens is 313 g/mol. The van der Waals surface area contributed by atoms with E-state index in [2.05, 4.69) is 6.07 Å². The molecule has 112 valence electrons. The van der Waals surface area contributed by atoms with Gasteiger partial charge < -0.3 is 20.2 Å². The first kappa shape index (κ1) is 17.8. The molecule has 0 bridgehead atoms. The second-order valence-corrected chi connectivity index (χ2v) is 4.99. The van der Waals surface area contributed by atoms with Gasteiger partial charge in [0, 0.05) is 17.4 Å². The fraction of sp³-hybridized carbons (Fsp3) is 0. The SMILES string of the molecule is N#Cc1c(-c2ccccc2)cn(-c2cccc(C(=O)[O-])c2)c1N.[Na+]. The van der Waals surface area contributed by atoms with Gasteiger partial charge in [-0.2, -0.15) is 5.26 Å². The molecule has 1 heterocycles. The molecule has 2 aromatic carbocycles. The van der Waals surface area contributed by atoms with Crippen LogP contribution in [-0.4, -0.2) is 10.5 Å². The van der Waals surface area contributed by atoms with E-state index >= 15 is 0 Å². The molecule has 2 N–H and O–H groups in total. The van der Waals surface area contributed by atoms with E-state index in [9.17, 15) is 15.2 Å². The summed E-state index contributed by atoms with van der Waals surface area (Å²) < 4.78 is 1.60. The molecule has 0 fully saturated rings. The molecule has 3 aromatic rings. The van der Waals surface area contributed by atoms with Gasteiger partial charge in [0.25, 0.3) is 0 Å². The van der Waals surface area contributed by atoms with Crippen molar-refractivity contribution in [2.45, 2.75) is 0 Å². The van der Waals surface area contributed by atoms with Crippen LogP contribution in [0.1, 0.15) is 15.9 Å². The quantitative estimate of drug-likeness (QED) is 0.623. The largest absolute Gasteiger partial charge is 1.00 e. The van der Waals surface area contributed by atoms with E-state index in [1.54, 1.807) is 22.9 Å². The molecule has 24 heavy (non-hydrogen) atoms. The molecule has 0 saturated carbocycles. The van der Waals surface area contributed by atoms with Crippen molar-refractivity contribution in [2.24, 2.45) is 0 Å². The molecule has 0 atom stereocenters. The summed E-state index contributed by atoms with van der Waals surface area (Å²) in [6.45, 7) is 0. The first-order chi connectivity index (χ1) is 11.1. The molecule has 0 aliphatic rings. The van der Waals surface area contributed by atoms with E-state index in [0.29, 0.717) is 16.8 Å². The van der Waals surface area contributed by atoms with Crippen molar-refractivity contribution in [1.29, 1.82) is 5.26 Å². The molecule has 0 saturated heterocycles. The number of anilines is 1. The Bertz CT molecular complexity index is 927. The Morgan fingerprint density at radius 2 is 1.83 bits per heavy atom. The van der Waals surface area contributed by atoms with Gasteiger partial charge in [-0.15, -0.1) is 0 Å². The van der Waals surface area contributed by atoms with Gasteiger partial charge >= 0.3 is 29.6 Å². The van der Waals surface area contributed by atoms with E-state index in [-0.39, 0.29) is 40.9 Å². The second-order valence-electron chi connectivity index (χ2n) is 4.99. The zero-order chi connectivity index (χ0) is 16.4. The number of benzene rings is 2. The molecule has 0 unspecified atom stereocenters. The van der Waals surface area contributed by atoms with Crippen LogP contribution in [0.4, 0.5) is 5.82 Å². The third kappa shape index (κ3) is 3.22. The predicted molar refractivity (Wildman–Crippen MR) is 84.7 cm³/mol. The van der Waals surface area contributed by atoms with Crippen LogP contribution in [0.3, 0.4) is 0 Å². The molecule has 0 aliphatic heterocycles. The van der Waals surface area contributed by atoms with Crippen molar-refractivity contribution in [3.05, 3.63) is 71.9 Å². The van der Waals surface area contributed by atoms with Crippen molar-refractivity contribution in [2.75, 3.05) is 5.73 Å². The van der Waals surface area contributed by atoms with Gasteiger partial charge in [-0.1, -0.05) is 42.5 Å². The fourth-order valence-electron chi connectivity index (χ4n) is 2.47. The van der Waals surface area contributed by atoms with Gasteiger partial charge in [0.2, 0.25) is 0 Å². The number of carboxylic acid groups (broad SMARTS) is 1. The molecule has 3 rings (SSSR count). The third-order valence-electron chi connectivity index (χ3n) is 3.60. The van der Waals surface area contributed by atoms with Crippen LogP contribution in [0.15, 0.2) is 60.8 Å². The van der Waals surface area contributed by atoms with Gasteiger partial charge in [-0.3, -0.25) is 0 Å². The van der Waals surface area contributed by atoms with Gasteiger partial charge in [-0.05, 0) is 23.3 Å². The number of carbonyl (C=O) groups is 1. The van der Waals surface area contributed by atoms with Crippen molar-refractivity contribution in [3.8, 4) is 22.9 Å². The Kier molecular flexibility index (Phi) is 5.47. The number of nitrogen functional groups attached to an aromatic ring is 1. The standard InChI is InChI=1S/C18H13N3O2.Na/c19-10-15-16(12-5-2-1-3-6-12)11-21(17(15)20)14-8-4-7-13(9-14)18(22)23;/h1-9,11H,20H2,(H,22,23);/q;+1/p-1. The summed E-state index contributed by atoms with van der Waals surface area (Å²) in [5.41, 5.74) is 8.62. The number of rotatable bonds is 3. The van der Waals surface area contributed by atoms with Crippen molar-refractivity contribution in [3.63, 3.8) is 0 Å². The average Bonchev–Trinajstić information content (AvgIpc) is 2.92. The van der Waals surface area contributed by atoms with Crippen LogP contribution in [0.2, 0.25) is 0 Å². The minimum atomic E-state index is -1.26. The molecule has 0 spiro atoms. The predicted octanol–water partition coefficient (Wildman–Crippen LogP) is -1.03. The van der Waals surface area contributed by atoms with Crippen LogP contribution in [0.25, 0.3) is 16.8 Å². The van der Waals surface area contributed by atoms with Crippen LogP contribution < -0.4 is 40.4 Å². The number of carbonyl (C=O) groups excluding carboxylic acids is 1. The molecular formula is C18H12N3NaO2. The van der Waals surface area contributed by atoms with Crippen LogP contribution in [0.5, 0.6) is 0 Å². The van der Waals surface area contributed by atoms with Crippen molar-refractivity contribution >= 4 is 11.8 Å². The second kappa shape index (κ2) is 7.37. The number of hydrogen-bond donors (Lipinski definition) is 1. The molecule has 6 heteroatoms. The summed E-state index contributed by atoms with van der Waals surface area (Å²) in [5.74, 6) is -0.997. The summed E-state index contributed by atoms with van der Waals surface area (Å²) in [4.78, 5) is 11.0. The molecule has 0 aliphatic carbocycles. The number of nitrogens with two attached hydrogens (primary N) is 1. The summed E-state index contributed by atoms with van der Waals surface area (Å²) >= 11 is 0. The van der Waals surface area contributed by atoms with E-state index in [0.717, 1.165) is 5.56 Å². The number of nitrogens with zero attached hydrogens (tertiary/aromatic N) is 2. The van der Waals surface area contributed by atoms with Crippen molar-refractivity contribution in [1.82, 2.24) is 4.57 Å². The maximum Gasteiger partial charge on any atom is 1.00 e. The summed E-state index contributed by atoms with van der Waals surface area (Å²) in [6.07, 6.45) is 1.73. The topological polar surface area (TPSA) is 94.9 Å².